The second-order valence-electron chi connectivity index (χ2n) is 6.08. The molecule has 1 heterocycles. The van der Waals surface area contributed by atoms with Crippen LogP contribution in [0.3, 0.4) is 0 Å². The molecule has 0 saturated carbocycles. The molecule has 0 unspecified atom stereocenters. The van der Waals surface area contributed by atoms with Crippen molar-refractivity contribution >= 4 is 12.0 Å². The first-order chi connectivity index (χ1) is 12.2. The number of carbonyl (C=O) groups excluding carboxylic acids is 1. The number of ether oxygens (including phenoxy) is 2. The lowest BCUT2D eigenvalue weighted by Crippen LogP contribution is -2.42. The van der Waals surface area contributed by atoms with Gasteiger partial charge in [0.1, 0.15) is 19.3 Å². The maximum atomic E-state index is 12.2. The van der Waals surface area contributed by atoms with Crippen LogP contribution in [0.1, 0.15) is 18.1 Å². The van der Waals surface area contributed by atoms with E-state index in [9.17, 15) is 4.79 Å². The highest BCUT2D eigenvalue weighted by Gasteiger charge is 2.26. The average Bonchev–Trinajstić information content (AvgIpc) is 3.08. The van der Waals surface area contributed by atoms with Gasteiger partial charge in [0.15, 0.2) is 0 Å². The van der Waals surface area contributed by atoms with Crippen LogP contribution in [-0.2, 0) is 22.5 Å². The van der Waals surface area contributed by atoms with Crippen molar-refractivity contribution in [2.75, 3.05) is 6.61 Å². The molecule has 5 nitrogen and oxygen atoms in total. The van der Waals surface area contributed by atoms with Crippen LogP contribution in [0.2, 0.25) is 0 Å². The first-order valence-corrected chi connectivity index (χ1v) is 8.42. The van der Waals surface area contributed by atoms with E-state index in [4.69, 9.17) is 9.47 Å². The van der Waals surface area contributed by atoms with Gasteiger partial charge in [-0.3, -0.25) is 0 Å². The van der Waals surface area contributed by atoms with Gasteiger partial charge in [-0.2, -0.15) is 0 Å². The Hall–Kier alpha value is -2.82. The van der Waals surface area contributed by atoms with Crippen molar-refractivity contribution in [1.29, 1.82) is 0 Å². The molecule has 0 fully saturated rings. The van der Waals surface area contributed by atoms with Gasteiger partial charge in [0.25, 0.3) is 0 Å². The summed E-state index contributed by atoms with van der Waals surface area (Å²) in [6.07, 6.45) is 0.128. The van der Waals surface area contributed by atoms with E-state index in [1.54, 1.807) is 0 Å². The van der Waals surface area contributed by atoms with E-state index in [1.165, 1.54) is 0 Å². The molecule has 0 saturated heterocycles. The quantitative estimate of drug-likeness (QED) is 0.879. The Morgan fingerprint density at radius 3 is 2.40 bits per heavy atom. The summed E-state index contributed by atoms with van der Waals surface area (Å²) < 4.78 is 11.0. The molecule has 2 atom stereocenters. The SMILES string of the molecule is C[C@H]1COC([C@H](Cc2ccccc2)NC(=O)OCc2ccccc2)=N1. The molecule has 2 aromatic carbocycles. The Morgan fingerprint density at radius 2 is 1.80 bits per heavy atom. The fraction of sp³-hybridized carbons (Fsp3) is 0.300. The molecule has 5 heteroatoms. The van der Waals surface area contributed by atoms with E-state index in [0.29, 0.717) is 18.9 Å². The predicted molar refractivity (Wildman–Crippen MR) is 96.5 cm³/mol. The Labute approximate surface area is 147 Å². The summed E-state index contributed by atoms with van der Waals surface area (Å²) in [5, 5.41) is 2.88. The fourth-order valence-corrected chi connectivity index (χ4v) is 2.65. The third-order valence-electron chi connectivity index (χ3n) is 3.91. The Balaban J connectivity index is 1.62. The maximum Gasteiger partial charge on any atom is 0.408 e. The molecule has 25 heavy (non-hydrogen) atoms. The van der Waals surface area contributed by atoms with Gasteiger partial charge in [-0.15, -0.1) is 0 Å². The molecule has 2 aromatic rings. The van der Waals surface area contributed by atoms with Crippen molar-refractivity contribution in [2.24, 2.45) is 4.99 Å². The highest BCUT2D eigenvalue weighted by molar-refractivity contribution is 5.87. The number of aliphatic imine (C=N–C) groups is 1. The van der Waals surface area contributed by atoms with Crippen LogP contribution in [0.4, 0.5) is 4.79 Å². The molecule has 1 aliphatic heterocycles. The fourth-order valence-electron chi connectivity index (χ4n) is 2.65. The molecular weight excluding hydrogens is 316 g/mol. The van der Waals surface area contributed by atoms with Gasteiger partial charge in [0, 0.05) is 6.42 Å². The molecule has 0 spiro atoms. The van der Waals surface area contributed by atoms with Gasteiger partial charge in [0.05, 0.1) is 6.04 Å². The molecule has 0 radical (unpaired) electrons. The van der Waals surface area contributed by atoms with Gasteiger partial charge in [-0.05, 0) is 18.1 Å². The minimum atomic E-state index is -0.476. The van der Waals surface area contributed by atoms with E-state index in [-0.39, 0.29) is 18.7 Å². The van der Waals surface area contributed by atoms with E-state index in [2.05, 4.69) is 10.3 Å². The standard InChI is InChI=1S/C20H22N2O3/c1-15-13-24-19(21-15)18(12-16-8-4-2-5-9-16)22-20(23)25-14-17-10-6-3-7-11-17/h2-11,15,18H,12-14H2,1H3,(H,22,23)/t15-,18-/m0/s1. The normalized spacial score (nSPS) is 17.3. The highest BCUT2D eigenvalue weighted by Crippen LogP contribution is 2.12. The average molecular weight is 338 g/mol. The summed E-state index contributed by atoms with van der Waals surface area (Å²) in [6, 6.07) is 19.3. The Bertz CT molecular complexity index is 716. The molecule has 130 valence electrons. The number of nitrogens with zero attached hydrogens (tertiary/aromatic N) is 1. The van der Waals surface area contributed by atoms with Gasteiger partial charge < -0.3 is 14.8 Å². The van der Waals surface area contributed by atoms with E-state index >= 15 is 0 Å². The number of hydrogen-bond donors (Lipinski definition) is 1. The maximum absolute atomic E-state index is 12.2. The van der Waals surface area contributed by atoms with Crippen molar-refractivity contribution in [3.8, 4) is 0 Å². The van der Waals surface area contributed by atoms with Gasteiger partial charge in [0.2, 0.25) is 5.90 Å². The molecule has 1 amide bonds. The summed E-state index contributed by atoms with van der Waals surface area (Å²) in [4.78, 5) is 16.7. The zero-order chi connectivity index (χ0) is 17.5. The van der Waals surface area contributed by atoms with E-state index in [0.717, 1.165) is 11.1 Å². The molecule has 3 rings (SSSR count). The lowest BCUT2D eigenvalue weighted by Gasteiger charge is -2.18. The van der Waals surface area contributed by atoms with E-state index < -0.39 is 6.09 Å². The summed E-state index contributed by atoms with van der Waals surface area (Å²) in [5.74, 6) is 0.563. The third-order valence-corrected chi connectivity index (χ3v) is 3.91. The van der Waals surface area contributed by atoms with E-state index in [1.807, 2.05) is 67.6 Å². The second kappa shape index (κ2) is 8.33. The smallest absolute Gasteiger partial charge is 0.408 e. The Morgan fingerprint density at radius 1 is 1.16 bits per heavy atom. The lowest BCUT2D eigenvalue weighted by atomic mass is 10.1. The predicted octanol–water partition coefficient (Wildman–Crippen LogP) is 3.34. The van der Waals surface area contributed by atoms with Gasteiger partial charge in [-0.1, -0.05) is 60.7 Å². The minimum absolute atomic E-state index is 0.107. The van der Waals surface area contributed by atoms with Crippen LogP contribution >= 0.6 is 0 Å². The first-order valence-electron chi connectivity index (χ1n) is 8.42. The van der Waals surface area contributed by atoms with Crippen molar-refractivity contribution < 1.29 is 14.3 Å². The van der Waals surface area contributed by atoms with Crippen molar-refractivity contribution in [2.45, 2.75) is 32.0 Å². The van der Waals surface area contributed by atoms with Crippen LogP contribution in [0, 0.1) is 0 Å². The zero-order valence-electron chi connectivity index (χ0n) is 14.2. The summed E-state index contributed by atoms with van der Waals surface area (Å²) >= 11 is 0. The highest BCUT2D eigenvalue weighted by atomic mass is 16.5. The van der Waals surface area contributed by atoms with Crippen molar-refractivity contribution in [3.63, 3.8) is 0 Å². The molecule has 0 aromatic heterocycles. The number of nitrogens with one attached hydrogen (secondary N) is 1. The molecule has 1 N–H and O–H groups in total. The number of benzene rings is 2. The topological polar surface area (TPSA) is 59.9 Å². The molecule has 0 aliphatic carbocycles. The third kappa shape index (κ3) is 5.08. The summed E-state index contributed by atoms with van der Waals surface area (Å²) in [6.45, 7) is 2.76. The molecule has 1 aliphatic rings. The summed E-state index contributed by atoms with van der Waals surface area (Å²) in [7, 11) is 0. The van der Waals surface area contributed by atoms with Crippen molar-refractivity contribution in [1.82, 2.24) is 5.32 Å². The second-order valence-corrected chi connectivity index (χ2v) is 6.08. The van der Waals surface area contributed by atoms with Gasteiger partial charge >= 0.3 is 6.09 Å². The lowest BCUT2D eigenvalue weighted by molar-refractivity contribution is 0.137. The monoisotopic (exact) mass is 338 g/mol. The van der Waals surface area contributed by atoms with Crippen molar-refractivity contribution in [3.05, 3.63) is 71.8 Å². The number of hydrogen-bond acceptors (Lipinski definition) is 4. The Kier molecular flexibility index (Phi) is 5.67. The zero-order valence-corrected chi connectivity index (χ0v) is 14.2. The number of amides is 1. The van der Waals surface area contributed by atoms with Crippen LogP contribution in [0.5, 0.6) is 0 Å². The van der Waals surface area contributed by atoms with Crippen LogP contribution in [0.15, 0.2) is 65.7 Å². The van der Waals surface area contributed by atoms with Crippen LogP contribution in [-0.4, -0.2) is 30.7 Å². The van der Waals surface area contributed by atoms with Gasteiger partial charge in [-0.25, -0.2) is 9.79 Å². The number of alkyl carbamates (subject to hydrolysis) is 1. The first kappa shape index (κ1) is 17.0. The number of carbonyl (C=O) groups is 1. The van der Waals surface area contributed by atoms with Crippen LogP contribution < -0.4 is 5.32 Å². The largest absolute Gasteiger partial charge is 0.477 e. The summed E-state index contributed by atoms with van der Waals surface area (Å²) in [5.41, 5.74) is 2.04. The molecular formula is C20H22N2O3. The van der Waals surface area contributed by atoms with Crippen LogP contribution in [0.25, 0.3) is 0 Å². The molecule has 0 bridgehead atoms. The number of rotatable bonds is 6. The minimum Gasteiger partial charge on any atom is -0.477 e.